The van der Waals surface area contributed by atoms with Gasteiger partial charge in [0, 0.05) is 6.07 Å². The Morgan fingerprint density at radius 1 is 1.37 bits per heavy atom. The molecule has 0 radical (unpaired) electrons. The number of nitrogens with two attached hydrogens (primary N) is 1. The van der Waals surface area contributed by atoms with E-state index in [4.69, 9.17) is 15.0 Å². The average Bonchev–Trinajstić information content (AvgIpc) is 3.10. The van der Waals surface area contributed by atoms with E-state index in [-0.39, 0.29) is 0 Å². The van der Waals surface area contributed by atoms with Crippen LogP contribution in [-0.2, 0) is 6.54 Å². The fourth-order valence-corrected chi connectivity index (χ4v) is 1.66. The van der Waals surface area contributed by atoms with Crippen molar-refractivity contribution >= 4 is 11.5 Å². The Hall–Kier alpha value is -2.24. The van der Waals surface area contributed by atoms with Crippen LogP contribution in [0.4, 0.5) is 11.5 Å². The highest BCUT2D eigenvalue weighted by molar-refractivity contribution is 5.53. The van der Waals surface area contributed by atoms with Crippen LogP contribution >= 0.6 is 0 Å². The van der Waals surface area contributed by atoms with E-state index in [0.717, 1.165) is 5.69 Å². The normalized spacial score (nSPS) is 14.3. The quantitative estimate of drug-likeness (QED) is 0.826. The molecule has 6 nitrogen and oxygen atoms in total. The van der Waals surface area contributed by atoms with Gasteiger partial charge in [-0.15, -0.1) is 0 Å². The maximum Gasteiger partial charge on any atom is 0.239 e. The number of nitrogens with one attached hydrogen (secondary N) is 1. The van der Waals surface area contributed by atoms with Crippen molar-refractivity contribution in [3.05, 3.63) is 30.2 Å². The maximum absolute atomic E-state index is 5.84. The molecule has 0 aliphatic heterocycles. The molecule has 6 heteroatoms. The maximum atomic E-state index is 5.84. The van der Waals surface area contributed by atoms with Crippen LogP contribution in [-0.4, -0.2) is 16.7 Å². The molecule has 1 aliphatic carbocycles. The first kappa shape index (κ1) is 11.8. The molecule has 0 unspecified atom stereocenters. The molecule has 0 atom stereocenters. The highest BCUT2D eigenvalue weighted by Crippen LogP contribution is 2.30. The molecule has 19 heavy (non-hydrogen) atoms. The van der Waals surface area contributed by atoms with Crippen molar-refractivity contribution in [2.45, 2.75) is 19.4 Å². The second-order valence-corrected chi connectivity index (χ2v) is 4.69. The van der Waals surface area contributed by atoms with E-state index in [2.05, 4.69) is 15.5 Å². The van der Waals surface area contributed by atoms with Gasteiger partial charge in [-0.05, 0) is 30.9 Å². The Labute approximate surface area is 110 Å². The van der Waals surface area contributed by atoms with Gasteiger partial charge in [-0.25, -0.2) is 0 Å². The monoisotopic (exact) mass is 260 g/mol. The highest BCUT2D eigenvalue weighted by Gasteiger charge is 2.22. The molecule has 0 amide bonds. The molecule has 0 saturated heterocycles. The van der Waals surface area contributed by atoms with Crippen LogP contribution in [0.2, 0.25) is 0 Å². The minimum Gasteiger partial charge on any atom is -0.476 e. The molecule has 0 spiro atoms. The van der Waals surface area contributed by atoms with Gasteiger partial charge in [0.1, 0.15) is 17.8 Å². The van der Waals surface area contributed by atoms with Crippen molar-refractivity contribution in [1.29, 1.82) is 0 Å². The number of hydrogen-bond donors (Lipinski definition) is 2. The summed E-state index contributed by atoms with van der Waals surface area (Å²) in [5.41, 5.74) is 7.23. The van der Waals surface area contributed by atoms with Crippen molar-refractivity contribution in [3.8, 4) is 5.88 Å². The van der Waals surface area contributed by atoms with E-state index in [1.807, 2.05) is 6.07 Å². The lowest BCUT2D eigenvalue weighted by Crippen LogP contribution is -2.07. The van der Waals surface area contributed by atoms with Gasteiger partial charge in [0.15, 0.2) is 0 Å². The predicted molar refractivity (Wildman–Crippen MR) is 70.7 cm³/mol. The molecule has 3 N–H and O–H groups in total. The van der Waals surface area contributed by atoms with Crippen molar-refractivity contribution < 1.29 is 9.26 Å². The van der Waals surface area contributed by atoms with Gasteiger partial charge in [-0.2, -0.15) is 4.98 Å². The Kier molecular flexibility index (Phi) is 3.22. The third kappa shape index (κ3) is 3.15. The Bertz CT molecular complexity index is 538. The van der Waals surface area contributed by atoms with E-state index < -0.39 is 0 Å². The molecule has 2 heterocycles. The van der Waals surface area contributed by atoms with Crippen molar-refractivity contribution in [1.82, 2.24) is 10.1 Å². The molecule has 3 rings (SSSR count). The molecule has 1 fully saturated rings. The lowest BCUT2D eigenvalue weighted by atomic mass is 10.3. The standard InChI is InChI=1S/C13H16N4O2/c14-11-3-4-12(15-7-10-5-6-19-17-10)16-13(11)18-8-9-1-2-9/h3-6,9H,1-2,7-8,14H2,(H,15,16). The summed E-state index contributed by atoms with van der Waals surface area (Å²) in [5, 5.41) is 6.97. The summed E-state index contributed by atoms with van der Waals surface area (Å²) in [6, 6.07) is 5.41. The number of aromatic nitrogens is 2. The number of hydrogen-bond acceptors (Lipinski definition) is 6. The lowest BCUT2D eigenvalue weighted by molar-refractivity contribution is 0.290. The number of pyridine rings is 1. The van der Waals surface area contributed by atoms with Crippen molar-refractivity contribution in [3.63, 3.8) is 0 Å². The third-order valence-electron chi connectivity index (χ3n) is 2.98. The fourth-order valence-electron chi connectivity index (χ4n) is 1.66. The minimum absolute atomic E-state index is 0.497. The van der Waals surface area contributed by atoms with Crippen molar-refractivity contribution in [2.24, 2.45) is 5.92 Å². The average molecular weight is 260 g/mol. The topological polar surface area (TPSA) is 86.2 Å². The molecule has 1 aliphatic rings. The van der Waals surface area contributed by atoms with Crippen LogP contribution in [0, 0.1) is 5.92 Å². The summed E-state index contributed by atoms with van der Waals surface area (Å²) in [7, 11) is 0. The number of nitrogen functional groups attached to an aromatic ring is 1. The van der Waals surface area contributed by atoms with Gasteiger partial charge in [-0.1, -0.05) is 5.16 Å². The first-order valence-electron chi connectivity index (χ1n) is 6.34. The zero-order valence-electron chi connectivity index (χ0n) is 10.5. The first-order valence-corrected chi connectivity index (χ1v) is 6.34. The van der Waals surface area contributed by atoms with Gasteiger partial charge in [0.2, 0.25) is 5.88 Å². The number of anilines is 2. The zero-order chi connectivity index (χ0) is 13.1. The SMILES string of the molecule is Nc1ccc(NCc2ccon2)nc1OCC1CC1. The van der Waals surface area contributed by atoms with Crippen LogP contribution < -0.4 is 15.8 Å². The summed E-state index contributed by atoms with van der Waals surface area (Å²) in [4.78, 5) is 4.35. The van der Waals surface area contributed by atoms with Gasteiger partial charge >= 0.3 is 0 Å². The van der Waals surface area contributed by atoms with Crippen LogP contribution in [0.5, 0.6) is 5.88 Å². The molecular weight excluding hydrogens is 244 g/mol. The van der Waals surface area contributed by atoms with Gasteiger partial charge < -0.3 is 20.3 Å². The Balaban J connectivity index is 1.62. The summed E-state index contributed by atoms with van der Waals surface area (Å²) < 4.78 is 10.4. The summed E-state index contributed by atoms with van der Waals surface area (Å²) in [6.45, 7) is 1.25. The Morgan fingerprint density at radius 2 is 2.26 bits per heavy atom. The van der Waals surface area contributed by atoms with Crippen LogP contribution in [0.1, 0.15) is 18.5 Å². The summed E-state index contributed by atoms with van der Waals surface area (Å²) in [6.07, 6.45) is 4.02. The predicted octanol–water partition coefficient (Wildman–Crippen LogP) is 2.05. The highest BCUT2D eigenvalue weighted by atomic mass is 16.5. The van der Waals surface area contributed by atoms with E-state index in [0.29, 0.717) is 36.5 Å². The van der Waals surface area contributed by atoms with Gasteiger partial charge in [0.25, 0.3) is 0 Å². The summed E-state index contributed by atoms with van der Waals surface area (Å²) in [5.74, 6) is 1.88. The van der Waals surface area contributed by atoms with Crippen LogP contribution in [0.15, 0.2) is 29.0 Å². The molecule has 2 aromatic rings. The number of nitrogens with zero attached hydrogens (tertiary/aromatic N) is 2. The molecular formula is C13H16N4O2. The Morgan fingerprint density at radius 3 is 3.00 bits per heavy atom. The second kappa shape index (κ2) is 5.17. The molecule has 0 aromatic carbocycles. The lowest BCUT2D eigenvalue weighted by Gasteiger charge is -2.09. The largest absolute Gasteiger partial charge is 0.476 e. The fraction of sp³-hybridized carbons (Fsp3) is 0.385. The molecule has 2 aromatic heterocycles. The van der Waals surface area contributed by atoms with E-state index in [1.165, 1.54) is 19.1 Å². The zero-order valence-corrected chi connectivity index (χ0v) is 10.5. The number of rotatable bonds is 6. The first-order chi connectivity index (χ1) is 9.31. The van der Waals surface area contributed by atoms with Gasteiger partial charge in [-0.3, -0.25) is 0 Å². The van der Waals surface area contributed by atoms with E-state index >= 15 is 0 Å². The van der Waals surface area contributed by atoms with Crippen molar-refractivity contribution in [2.75, 3.05) is 17.7 Å². The number of ether oxygens (including phenoxy) is 1. The molecule has 1 saturated carbocycles. The second-order valence-electron chi connectivity index (χ2n) is 4.69. The molecule has 100 valence electrons. The smallest absolute Gasteiger partial charge is 0.239 e. The third-order valence-corrected chi connectivity index (χ3v) is 2.98. The van der Waals surface area contributed by atoms with Crippen LogP contribution in [0.3, 0.4) is 0 Å². The van der Waals surface area contributed by atoms with E-state index in [9.17, 15) is 0 Å². The summed E-state index contributed by atoms with van der Waals surface area (Å²) >= 11 is 0. The molecule has 0 bridgehead atoms. The van der Waals surface area contributed by atoms with Gasteiger partial charge in [0.05, 0.1) is 18.8 Å². The van der Waals surface area contributed by atoms with Crippen LogP contribution in [0.25, 0.3) is 0 Å². The van der Waals surface area contributed by atoms with E-state index in [1.54, 1.807) is 12.1 Å². The minimum atomic E-state index is 0.497.